The van der Waals surface area contributed by atoms with Crippen molar-refractivity contribution in [1.82, 2.24) is 4.57 Å². The Bertz CT molecular complexity index is 1020. The molecule has 4 aromatic rings. The molecule has 1 heterocycles. The van der Waals surface area contributed by atoms with Crippen LogP contribution < -0.4 is 0 Å². The summed E-state index contributed by atoms with van der Waals surface area (Å²) in [5, 5.41) is 2.77. The molecule has 0 amide bonds. The van der Waals surface area contributed by atoms with Crippen LogP contribution in [0.2, 0.25) is 0 Å². The summed E-state index contributed by atoms with van der Waals surface area (Å²) in [6.45, 7) is 5.44. The van der Waals surface area contributed by atoms with Crippen LogP contribution in [0.3, 0.4) is 0 Å². The molecule has 0 radical (unpaired) electrons. The molecule has 0 N–H and O–H groups in total. The number of fused-ring (bicyclic) bond motifs is 3. The van der Waals surface area contributed by atoms with Crippen LogP contribution in [0.25, 0.3) is 21.8 Å². The van der Waals surface area contributed by atoms with Gasteiger partial charge in [0.1, 0.15) is 0 Å². The van der Waals surface area contributed by atoms with Gasteiger partial charge in [-0.2, -0.15) is 0 Å². The maximum Gasteiger partial charge on any atom is 0.0491 e. The molecule has 0 saturated carbocycles. The number of aryl methyl sites for hydroxylation is 4. The van der Waals surface area contributed by atoms with Crippen molar-refractivity contribution in [3.63, 3.8) is 0 Å². The molecule has 1 heteroatoms. The first kappa shape index (κ1) is 16.0. The van der Waals surface area contributed by atoms with Gasteiger partial charge in [0.25, 0.3) is 0 Å². The quantitative estimate of drug-likeness (QED) is 0.405. The smallest absolute Gasteiger partial charge is 0.0491 e. The summed E-state index contributed by atoms with van der Waals surface area (Å²) in [5.74, 6) is 0. The molecule has 0 saturated heterocycles. The second-order valence-corrected chi connectivity index (χ2v) is 6.89. The lowest BCUT2D eigenvalue weighted by Gasteiger charge is -2.07. The van der Waals surface area contributed by atoms with Crippen molar-refractivity contribution in [3.05, 3.63) is 83.4 Å². The van der Waals surface area contributed by atoms with Gasteiger partial charge in [-0.3, -0.25) is 0 Å². The minimum Gasteiger partial charge on any atom is -0.341 e. The lowest BCUT2D eigenvalue weighted by atomic mass is 10.00. The molecular weight excluding hydrogens is 302 g/mol. The highest BCUT2D eigenvalue weighted by Gasteiger charge is 2.09. The molecule has 3 aromatic carbocycles. The van der Waals surface area contributed by atoms with Gasteiger partial charge in [0, 0.05) is 28.4 Å². The van der Waals surface area contributed by atoms with Gasteiger partial charge >= 0.3 is 0 Å². The molecule has 0 spiro atoms. The van der Waals surface area contributed by atoms with Gasteiger partial charge in [-0.25, -0.2) is 0 Å². The summed E-state index contributed by atoms with van der Waals surface area (Å²) < 4.78 is 2.42. The van der Waals surface area contributed by atoms with Gasteiger partial charge in [-0.1, -0.05) is 48.5 Å². The zero-order chi connectivity index (χ0) is 17.2. The topological polar surface area (TPSA) is 4.93 Å². The molecule has 4 rings (SSSR count). The molecule has 1 aromatic heterocycles. The molecule has 0 aliphatic heterocycles. The van der Waals surface area contributed by atoms with E-state index in [4.69, 9.17) is 0 Å². The second-order valence-electron chi connectivity index (χ2n) is 6.89. The number of nitrogens with zero attached hydrogens (tertiary/aromatic N) is 1. The third kappa shape index (κ3) is 2.95. The molecule has 1 nitrogen and oxygen atoms in total. The normalized spacial score (nSPS) is 11.4. The van der Waals surface area contributed by atoms with Crippen LogP contribution in [0.4, 0.5) is 0 Å². The van der Waals surface area contributed by atoms with Crippen LogP contribution in [0.1, 0.15) is 30.0 Å². The van der Waals surface area contributed by atoms with E-state index in [1.807, 2.05) is 0 Å². The third-order valence-electron chi connectivity index (χ3n) is 5.33. The highest BCUT2D eigenvalue weighted by Crippen LogP contribution is 2.30. The molecule has 0 atom stereocenters. The first-order valence-electron chi connectivity index (χ1n) is 9.32. The van der Waals surface area contributed by atoms with Crippen molar-refractivity contribution >= 4 is 21.8 Å². The Morgan fingerprint density at radius 1 is 0.760 bits per heavy atom. The first-order valence-corrected chi connectivity index (χ1v) is 9.32. The minimum atomic E-state index is 1.01. The molecule has 0 unspecified atom stereocenters. The zero-order valence-electron chi connectivity index (χ0n) is 15.1. The Kier molecular flexibility index (Phi) is 4.31. The lowest BCUT2D eigenvalue weighted by molar-refractivity contribution is 0.814. The van der Waals surface area contributed by atoms with E-state index in [0.717, 1.165) is 19.4 Å². The fraction of sp³-hybridized carbons (Fsp3) is 0.250. The monoisotopic (exact) mass is 327 g/mol. The Morgan fingerprint density at radius 3 is 2.36 bits per heavy atom. The fourth-order valence-electron chi connectivity index (χ4n) is 3.97. The predicted octanol–water partition coefficient (Wildman–Crippen LogP) is 6.30. The third-order valence-corrected chi connectivity index (χ3v) is 5.33. The van der Waals surface area contributed by atoms with Crippen LogP contribution in [-0.2, 0) is 19.4 Å². The summed E-state index contributed by atoms with van der Waals surface area (Å²) >= 11 is 0. The highest BCUT2D eigenvalue weighted by atomic mass is 15.0. The maximum absolute atomic E-state index is 2.42. The lowest BCUT2D eigenvalue weighted by Crippen LogP contribution is -1.94. The van der Waals surface area contributed by atoms with E-state index in [1.54, 1.807) is 0 Å². The van der Waals surface area contributed by atoms with Gasteiger partial charge in [-0.15, -0.1) is 0 Å². The van der Waals surface area contributed by atoms with Gasteiger partial charge in [0.2, 0.25) is 0 Å². The summed E-state index contributed by atoms with van der Waals surface area (Å²) in [6.07, 6.45) is 3.49. The Balaban J connectivity index is 1.61. The maximum atomic E-state index is 2.42. The summed E-state index contributed by atoms with van der Waals surface area (Å²) in [5.41, 5.74) is 7.03. The van der Waals surface area contributed by atoms with Crippen LogP contribution in [0, 0.1) is 6.92 Å². The summed E-state index contributed by atoms with van der Waals surface area (Å²) in [6, 6.07) is 24.5. The summed E-state index contributed by atoms with van der Waals surface area (Å²) in [7, 11) is 0. The molecule has 0 bridgehead atoms. The minimum absolute atomic E-state index is 1.01. The molecule has 25 heavy (non-hydrogen) atoms. The molecule has 0 aliphatic rings. The van der Waals surface area contributed by atoms with Gasteiger partial charge in [0.15, 0.2) is 0 Å². The molecular formula is C24H25N. The predicted molar refractivity (Wildman–Crippen MR) is 108 cm³/mol. The van der Waals surface area contributed by atoms with Crippen LogP contribution in [0.5, 0.6) is 0 Å². The Hall–Kier alpha value is -2.54. The Labute approximate surface area is 149 Å². The number of para-hydroxylation sites is 1. The first-order chi connectivity index (χ1) is 12.3. The number of hydrogen-bond donors (Lipinski definition) is 0. The number of benzene rings is 3. The van der Waals surface area contributed by atoms with Crippen LogP contribution in [-0.4, -0.2) is 4.57 Å². The average molecular weight is 327 g/mol. The van der Waals surface area contributed by atoms with Crippen molar-refractivity contribution in [2.24, 2.45) is 0 Å². The zero-order valence-corrected chi connectivity index (χ0v) is 15.1. The van der Waals surface area contributed by atoms with E-state index in [1.165, 1.54) is 44.9 Å². The van der Waals surface area contributed by atoms with Crippen molar-refractivity contribution in [2.75, 3.05) is 0 Å². The van der Waals surface area contributed by atoms with Crippen molar-refractivity contribution in [3.8, 4) is 0 Å². The fourth-order valence-corrected chi connectivity index (χ4v) is 3.97. The highest BCUT2D eigenvalue weighted by molar-refractivity contribution is 6.08. The van der Waals surface area contributed by atoms with Crippen molar-refractivity contribution < 1.29 is 0 Å². The number of aromatic nitrogens is 1. The van der Waals surface area contributed by atoms with Crippen LogP contribution >= 0.6 is 0 Å². The largest absolute Gasteiger partial charge is 0.341 e. The van der Waals surface area contributed by atoms with Crippen molar-refractivity contribution in [1.29, 1.82) is 0 Å². The average Bonchev–Trinajstić information content (AvgIpc) is 2.96. The van der Waals surface area contributed by atoms with Crippen molar-refractivity contribution in [2.45, 2.75) is 39.7 Å². The molecule has 126 valence electrons. The van der Waals surface area contributed by atoms with Gasteiger partial charge in [0.05, 0.1) is 0 Å². The number of hydrogen-bond acceptors (Lipinski definition) is 0. The SMILES string of the molecule is CCn1c2ccccc2c2cc(CCCc3ccccc3C)ccc21. The standard InChI is InChI=1S/C24H25N/c1-3-25-23-14-7-6-13-21(23)22-17-19(15-16-24(22)25)10-8-12-20-11-5-4-9-18(20)2/h4-7,9,11,13-17H,3,8,10,12H2,1-2H3. The number of rotatable bonds is 5. The Morgan fingerprint density at radius 2 is 1.52 bits per heavy atom. The molecule has 0 aliphatic carbocycles. The van der Waals surface area contributed by atoms with Crippen LogP contribution in [0.15, 0.2) is 66.7 Å². The van der Waals surface area contributed by atoms with E-state index < -0.39 is 0 Å². The van der Waals surface area contributed by atoms with E-state index in [2.05, 4.69) is 85.1 Å². The van der Waals surface area contributed by atoms with E-state index in [0.29, 0.717) is 0 Å². The van der Waals surface area contributed by atoms with E-state index in [-0.39, 0.29) is 0 Å². The van der Waals surface area contributed by atoms with E-state index >= 15 is 0 Å². The van der Waals surface area contributed by atoms with Gasteiger partial charge in [-0.05, 0) is 68.0 Å². The van der Waals surface area contributed by atoms with E-state index in [9.17, 15) is 0 Å². The second kappa shape index (κ2) is 6.76. The van der Waals surface area contributed by atoms with Gasteiger partial charge < -0.3 is 4.57 Å². The summed E-state index contributed by atoms with van der Waals surface area (Å²) in [4.78, 5) is 0. The molecule has 0 fully saturated rings.